The van der Waals surface area contributed by atoms with E-state index in [1.165, 1.54) is 42.6 Å². The molecule has 1 aromatic carbocycles. The molecule has 0 unspecified atom stereocenters. The second kappa shape index (κ2) is 9.36. The summed E-state index contributed by atoms with van der Waals surface area (Å²) in [6.07, 6.45) is 2.53. The lowest BCUT2D eigenvalue weighted by Gasteiger charge is -2.30. The predicted octanol–water partition coefficient (Wildman–Crippen LogP) is 2.01. The summed E-state index contributed by atoms with van der Waals surface area (Å²) in [7, 11) is -2.12. The molecular weight excluding hydrogens is 406 g/mol. The van der Waals surface area contributed by atoms with E-state index in [1.807, 2.05) is 0 Å². The van der Waals surface area contributed by atoms with Gasteiger partial charge in [0.15, 0.2) is 5.78 Å². The first kappa shape index (κ1) is 21.9. The van der Waals surface area contributed by atoms with E-state index >= 15 is 0 Å². The Hall–Kier alpha value is -2.78. The molecule has 0 saturated carbocycles. The molecule has 30 heavy (non-hydrogen) atoms. The topological polar surface area (TPSA) is 106 Å². The number of carbonyl (C=O) groups is 2. The van der Waals surface area contributed by atoms with Crippen LogP contribution in [0, 0.1) is 5.92 Å². The Balaban J connectivity index is 1.55. The van der Waals surface area contributed by atoms with E-state index in [2.05, 4.69) is 10.3 Å². The number of nitrogens with one attached hydrogen (secondary N) is 1. The zero-order valence-corrected chi connectivity index (χ0v) is 17.8. The quantitative estimate of drug-likeness (QED) is 0.673. The van der Waals surface area contributed by atoms with Crippen LogP contribution < -0.4 is 10.1 Å². The number of hydrogen-bond acceptors (Lipinski definition) is 6. The SMILES string of the molecule is COc1cc(CNC(=O)C2CCN(S(=O)(=O)c3ccc(C(C)=O)cc3)CC2)ccn1. The highest BCUT2D eigenvalue weighted by Crippen LogP contribution is 2.24. The third-order valence-electron chi connectivity index (χ3n) is 5.20. The number of rotatable bonds is 7. The van der Waals surface area contributed by atoms with E-state index in [-0.39, 0.29) is 35.6 Å². The van der Waals surface area contributed by atoms with Crippen molar-refractivity contribution in [3.63, 3.8) is 0 Å². The second-order valence-electron chi connectivity index (χ2n) is 7.18. The maximum Gasteiger partial charge on any atom is 0.243 e. The molecule has 1 amide bonds. The molecule has 9 heteroatoms. The Morgan fingerprint density at radius 1 is 1.17 bits per heavy atom. The molecule has 3 rings (SSSR count). The summed E-state index contributed by atoms with van der Waals surface area (Å²) in [6, 6.07) is 9.50. The summed E-state index contributed by atoms with van der Waals surface area (Å²) in [5.41, 5.74) is 1.35. The lowest BCUT2D eigenvalue weighted by molar-refractivity contribution is -0.126. The Morgan fingerprint density at radius 2 is 1.83 bits per heavy atom. The van der Waals surface area contributed by atoms with Crippen molar-refractivity contribution >= 4 is 21.7 Å². The number of benzene rings is 1. The van der Waals surface area contributed by atoms with Crippen LogP contribution in [0.2, 0.25) is 0 Å². The average Bonchev–Trinajstić information content (AvgIpc) is 2.77. The van der Waals surface area contributed by atoms with Crippen LogP contribution in [0.25, 0.3) is 0 Å². The van der Waals surface area contributed by atoms with Crippen molar-refractivity contribution in [1.82, 2.24) is 14.6 Å². The largest absolute Gasteiger partial charge is 0.481 e. The zero-order valence-electron chi connectivity index (χ0n) is 17.0. The van der Waals surface area contributed by atoms with Crippen molar-refractivity contribution in [2.75, 3.05) is 20.2 Å². The summed E-state index contributed by atoms with van der Waals surface area (Å²) in [6.45, 7) is 2.35. The molecule has 1 aliphatic heterocycles. The standard InChI is InChI=1S/C21H25N3O5S/c1-15(25)17-3-5-19(6-4-17)30(27,28)24-11-8-18(9-12-24)21(26)23-14-16-7-10-22-20(13-16)29-2/h3-7,10,13,18H,8-9,11-12,14H2,1-2H3,(H,23,26). The van der Waals surface area contributed by atoms with Crippen molar-refractivity contribution in [2.45, 2.75) is 31.2 Å². The lowest BCUT2D eigenvalue weighted by Crippen LogP contribution is -2.42. The maximum absolute atomic E-state index is 12.8. The van der Waals surface area contributed by atoms with Crippen LogP contribution >= 0.6 is 0 Å². The molecule has 1 N–H and O–H groups in total. The number of aromatic nitrogens is 1. The number of hydrogen-bond donors (Lipinski definition) is 1. The second-order valence-corrected chi connectivity index (χ2v) is 9.12. The first-order valence-corrected chi connectivity index (χ1v) is 11.1. The van der Waals surface area contributed by atoms with E-state index in [4.69, 9.17) is 4.74 Å². The van der Waals surface area contributed by atoms with Gasteiger partial charge in [-0.3, -0.25) is 9.59 Å². The predicted molar refractivity (Wildman–Crippen MR) is 111 cm³/mol. The Morgan fingerprint density at radius 3 is 2.43 bits per heavy atom. The molecule has 1 saturated heterocycles. The number of amides is 1. The van der Waals surface area contributed by atoms with Gasteiger partial charge in [0.2, 0.25) is 21.8 Å². The van der Waals surface area contributed by atoms with Crippen molar-refractivity contribution in [3.8, 4) is 5.88 Å². The number of ether oxygens (including phenoxy) is 1. The van der Waals surface area contributed by atoms with Crippen LogP contribution in [-0.2, 0) is 21.4 Å². The van der Waals surface area contributed by atoms with Crippen molar-refractivity contribution in [3.05, 3.63) is 53.7 Å². The summed E-state index contributed by atoms with van der Waals surface area (Å²) in [5, 5.41) is 2.90. The molecule has 1 aliphatic rings. The third kappa shape index (κ3) is 5.03. The maximum atomic E-state index is 12.8. The minimum Gasteiger partial charge on any atom is -0.481 e. The van der Waals surface area contributed by atoms with Gasteiger partial charge in [0, 0.05) is 43.4 Å². The van der Waals surface area contributed by atoms with Crippen LogP contribution in [0.3, 0.4) is 0 Å². The summed E-state index contributed by atoms with van der Waals surface area (Å²) >= 11 is 0. The van der Waals surface area contributed by atoms with Gasteiger partial charge in [-0.25, -0.2) is 13.4 Å². The van der Waals surface area contributed by atoms with E-state index in [0.29, 0.717) is 30.8 Å². The number of sulfonamides is 1. The highest BCUT2D eigenvalue weighted by molar-refractivity contribution is 7.89. The monoisotopic (exact) mass is 431 g/mol. The van der Waals surface area contributed by atoms with Gasteiger partial charge < -0.3 is 10.1 Å². The van der Waals surface area contributed by atoms with Crippen LogP contribution in [-0.4, -0.2) is 49.6 Å². The molecule has 1 fully saturated rings. The fourth-order valence-corrected chi connectivity index (χ4v) is 4.84. The average molecular weight is 432 g/mol. The molecule has 0 aliphatic carbocycles. The summed E-state index contributed by atoms with van der Waals surface area (Å²) in [4.78, 5) is 28.1. The highest BCUT2D eigenvalue weighted by atomic mass is 32.2. The number of piperidine rings is 1. The number of Topliss-reactive ketones (excluding diaryl/α,β-unsaturated/α-hetero) is 1. The summed E-state index contributed by atoms with van der Waals surface area (Å²) < 4.78 is 32.1. The van der Waals surface area contributed by atoms with Crippen LogP contribution in [0.1, 0.15) is 35.7 Å². The van der Waals surface area contributed by atoms with E-state index in [9.17, 15) is 18.0 Å². The van der Waals surface area contributed by atoms with Gasteiger partial charge in [0.05, 0.1) is 12.0 Å². The van der Waals surface area contributed by atoms with Gasteiger partial charge in [0.1, 0.15) is 0 Å². The van der Waals surface area contributed by atoms with Crippen molar-refractivity contribution < 1.29 is 22.7 Å². The number of carbonyl (C=O) groups excluding carboxylic acids is 2. The van der Waals surface area contributed by atoms with Crippen LogP contribution in [0.4, 0.5) is 0 Å². The molecule has 1 aromatic heterocycles. The van der Waals surface area contributed by atoms with Gasteiger partial charge in [0.25, 0.3) is 0 Å². The third-order valence-corrected chi connectivity index (χ3v) is 7.11. The highest BCUT2D eigenvalue weighted by Gasteiger charge is 2.32. The molecule has 0 atom stereocenters. The molecule has 0 radical (unpaired) electrons. The number of methoxy groups -OCH3 is 1. The fourth-order valence-electron chi connectivity index (χ4n) is 3.37. The van der Waals surface area contributed by atoms with Gasteiger partial charge >= 0.3 is 0 Å². The van der Waals surface area contributed by atoms with Crippen LogP contribution in [0.15, 0.2) is 47.5 Å². The number of nitrogens with zero attached hydrogens (tertiary/aromatic N) is 2. The first-order valence-electron chi connectivity index (χ1n) is 9.69. The van der Waals surface area contributed by atoms with Crippen molar-refractivity contribution in [1.29, 1.82) is 0 Å². The minimum absolute atomic E-state index is 0.0892. The number of ketones is 1. The molecule has 0 bridgehead atoms. The molecule has 0 spiro atoms. The van der Waals surface area contributed by atoms with E-state index in [1.54, 1.807) is 18.3 Å². The molecule has 160 valence electrons. The zero-order chi connectivity index (χ0) is 21.7. The first-order chi connectivity index (χ1) is 14.3. The lowest BCUT2D eigenvalue weighted by atomic mass is 9.97. The Kier molecular flexibility index (Phi) is 6.84. The molecule has 2 heterocycles. The van der Waals surface area contributed by atoms with Gasteiger partial charge in [-0.05, 0) is 43.5 Å². The Labute approximate surface area is 176 Å². The Bertz CT molecular complexity index is 1010. The molecule has 8 nitrogen and oxygen atoms in total. The molecular formula is C21H25N3O5S. The minimum atomic E-state index is -3.65. The summed E-state index contributed by atoms with van der Waals surface area (Å²) in [5.74, 6) is 0.0430. The van der Waals surface area contributed by atoms with Crippen LogP contribution in [0.5, 0.6) is 5.88 Å². The van der Waals surface area contributed by atoms with Crippen molar-refractivity contribution in [2.24, 2.45) is 5.92 Å². The van der Waals surface area contributed by atoms with E-state index < -0.39 is 10.0 Å². The van der Waals surface area contributed by atoms with Gasteiger partial charge in [-0.1, -0.05) is 12.1 Å². The van der Waals surface area contributed by atoms with E-state index in [0.717, 1.165) is 5.56 Å². The number of pyridine rings is 1. The molecule has 2 aromatic rings. The normalized spacial score (nSPS) is 15.5. The van der Waals surface area contributed by atoms with Gasteiger partial charge in [-0.15, -0.1) is 0 Å². The smallest absolute Gasteiger partial charge is 0.243 e. The van der Waals surface area contributed by atoms with Gasteiger partial charge in [-0.2, -0.15) is 4.31 Å². The fraction of sp³-hybridized carbons (Fsp3) is 0.381.